The van der Waals surface area contributed by atoms with Gasteiger partial charge in [0.15, 0.2) is 0 Å². The topological polar surface area (TPSA) is 34.1 Å². The molecule has 0 N–H and O–H groups in total. The molecule has 5 heteroatoms. The molecule has 0 spiro atoms. The Kier molecular flexibility index (Phi) is 4.15. The molecule has 0 saturated heterocycles. The Labute approximate surface area is 107 Å². The van der Waals surface area contributed by atoms with Crippen molar-refractivity contribution in [3.05, 3.63) is 30.3 Å². The zero-order chi connectivity index (χ0) is 14.0. The summed E-state index contributed by atoms with van der Waals surface area (Å²) in [7, 11) is -4.59. The predicted octanol–water partition coefficient (Wildman–Crippen LogP) is 3.88. The molecule has 0 aliphatic carbocycles. The Morgan fingerprint density at radius 2 is 1.50 bits per heavy atom. The molecule has 0 bridgehead atoms. The first-order valence-corrected chi connectivity index (χ1v) is 7.22. The second kappa shape index (κ2) is 4.96. The van der Waals surface area contributed by atoms with Crippen molar-refractivity contribution < 1.29 is 17.2 Å². The van der Waals surface area contributed by atoms with Gasteiger partial charge in [-0.05, 0) is 24.0 Å². The van der Waals surface area contributed by atoms with Crippen LogP contribution in [0.3, 0.4) is 0 Å². The quantitative estimate of drug-likeness (QED) is 0.836. The van der Waals surface area contributed by atoms with Crippen LogP contribution in [0.5, 0.6) is 0 Å². The van der Waals surface area contributed by atoms with Gasteiger partial charge in [-0.1, -0.05) is 39.0 Å². The van der Waals surface area contributed by atoms with E-state index in [0.29, 0.717) is 0 Å². The SMILES string of the molecule is CC(C)(C)CCC(F)(F)S(=O)(=O)c1ccccc1. The largest absolute Gasteiger partial charge is 0.350 e. The summed E-state index contributed by atoms with van der Waals surface area (Å²) < 4.78 is 51.3. The molecule has 18 heavy (non-hydrogen) atoms. The van der Waals surface area contributed by atoms with Crippen LogP contribution in [0.25, 0.3) is 0 Å². The minimum absolute atomic E-state index is 0.145. The Balaban J connectivity index is 2.97. The Morgan fingerprint density at radius 3 is 1.94 bits per heavy atom. The fourth-order valence-corrected chi connectivity index (χ4v) is 2.66. The lowest BCUT2D eigenvalue weighted by Gasteiger charge is -2.23. The van der Waals surface area contributed by atoms with E-state index in [1.807, 2.05) is 0 Å². The predicted molar refractivity (Wildman–Crippen MR) is 67.3 cm³/mol. The molecule has 0 unspecified atom stereocenters. The first-order chi connectivity index (χ1) is 8.06. The molecule has 102 valence electrons. The van der Waals surface area contributed by atoms with Crippen LogP contribution < -0.4 is 0 Å². The molecule has 2 nitrogen and oxygen atoms in total. The summed E-state index contributed by atoms with van der Waals surface area (Å²) in [5.74, 6) is 0. The number of sulfone groups is 1. The maximum absolute atomic E-state index is 13.8. The number of halogens is 2. The summed E-state index contributed by atoms with van der Waals surface area (Å²) in [6, 6.07) is 6.85. The van der Waals surface area contributed by atoms with Crippen molar-refractivity contribution in [3.63, 3.8) is 0 Å². The smallest absolute Gasteiger partial charge is 0.217 e. The van der Waals surface area contributed by atoms with Gasteiger partial charge in [-0.2, -0.15) is 8.78 Å². The fourth-order valence-electron chi connectivity index (χ4n) is 1.43. The molecule has 1 aromatic carbocycles. The summed E-state index contributed by atoms with van der Waals surface area (Å²) in [5.41, 5.74) is -0.324. The van der Waals surface area contributed by atoms with E-state index in [0.717, 1.165) is 0 Å². The van der Waals surface area contributed by atoms with Gasteiger partial charge < -0.3 is 0 Å². The molecule has 1 rings (SSSR count). The van der Waals surface area contributed by atoms with Crippen LogP contribution in [0.15, 0.2) is 35.2 Å². The van der Waals surface area contributed by atoms with Crippen molar-refractivity contribution in [2.45, 2.75) is 43.8 Å². The van der Waals surface area contributed by atoms with Crippen LogP contribution in [-0.4, -0.2) is 13.7 Å². The third-order valence-electron chi connectivity index (χ3n) is 2.61. The minimum atomic E-state index is -4.59. The molecule has 1 aromatic rings. The van der Waals surface area contributed by atoms with E-state index in [-0.39, 0.29) is 16.7 Å². The number of hydrogen-bond donors (Lipinski definition) is 0. The summed E-state index contributed by atoms with van der Waals surface area (Å²) in [5, 5.41) is -3.72. The van der Waals surface area contributed by atoms with E-state index in [1.54, 1.807) is 26.8 Å². The van der Waals surface area contributed by atoms with Gasteiger partial charge in [-0.25, -0.2) is 8.42 Å². The molecule has 0 fully saturated rings. The molecular formula is C13H18F2O2S. The summed E-state index contributed by atoms with van der Waals surface area (Å²) in [4.78, 5) is -0.330. The highest BCUT2D eigenvalue weighted by Gasteiger charge is 2.45. The maximum atomic E-state index is 13.8. The summed E-state index contributed by atoms with van der Waals surface area (Å²) in [6.45, 7) is 5.41. The maximum Gasteiger partial charge on any atom is 0.350 e. The van der Waals surface area contributed by atoms with Crippen molar-refractivity contribution in [2.75, 3.05) is 0 Å². The zero-order valence-corrected chi connectivity index (χ0v) is 11.6. The standard InChI is InChI=1S/C13H18F2O2S/c1-12(2,3)9-10-13(14,15)18(16,17)11-7-5-4-6-8-11/h4-8H,9-10H2,1-3H3. The van der Waals surface area contributed by atoms with Gasteiger partial charge in [0.25, 0.3) is 0 Å². The first kappa shape index (κ1) is 15.1. The molecule has 0 radical (unpaired) electrons. The lowest BCUT2D eigenvalue weighted by atomic mass is 9.91. The second-order valence-electron chi connectivity index (χ2n) is 5.51. The lowest BCUT2D eigenvalue weighted by Crippen LogP contribution is -2.30. The highest BCUT2D eigenvalue weighted by Crippen LogP contribution is 2.36. The minimum Gasteiger partial charge on any atom is -0.217 e. The second-order valence-corrected chi connectivity index (χ2v) is 7.59. The molecule has 0 saturated carbocycles. The Morgan fingerprint density at radius 1 is 1.00 bits per heavy atom. The van der Waals surface area contributed by atoms with E-state index < -0.39 is 21.5 Å². The molecule has 0 aromatic heterocycles. The third kappa shape index (κ3) is 3.51. The summed E-state index contributed by atoms with van der Waals surface area (Å²) >= 11 is 0. The zero-order valence-electron chi connectivity index (χ0n) is 10.8. The number of rotatable bonds is 4. The normalized spacial score (nSPS) is 13.6. The van der Waals surface area contributed by atoms with Gasteiger partial charge in [0.05, 0.1) is 4.90 Å². The van der Waals surface area contributed by atoms with Crippen molar-refractivity contribution in [1.82, 2.24) is 0 Å². The number of alkyl halides is 2. The highest BCUT2D eigenvalue weighted by molar-refractivity contribution is 7.92. The van der Waals surface area contributed by atoms with Gasteiger partial charge in [0, 0.05) is 6.42 Å². The van der Waals surface area contributed by atoms with Gasteiger partial charge in [-0.3, -0.25) is 0 Å². The summed E-state index contributed by atoms with van der Waals surface area (Å²) in [6.07, 6.45) is -0.514. The van der Waals surface area contributed by atoms with E-state index in [9.17, 15) is 17.2 Å². The first-order valence-electron chi connectivity index (χ1n) is 5.74. The van der Waals surface area contributed by atoms with Crippen LogP contribution in [-0.2, 0) is 9.84 Å². The molecule has 0 heterocycles. The van der Waals surface area contributed by atoms with Crippen molar-refractivity contribution >= 4 is 9.84 Å². The molecule has 0 aliphatic heterocycles. The van der Waals surface area contributed by atoms with Crippen LogP contribution in [0.1, 0.15) is 33.6 Å². The average Bonchev–Trinajstić information content (AvgIpc) is 2.27. The lowest BCUT2D eigenvalue weighted by molar-refractivity contribution is 0.0682. The Hall–Kier alpha value is -0.970. The Bertz CT molecular complexity index is 487. The van der Waals surface area contributed by atoms with Gasteiger partial charge in [0.1, 0.15) is 0 Å². The highest BCUT2D eigenvalue weighted by atomic mass is 32.2. The average molecular weight is 276 g/mol. The van der Waals surface area contributed by atoms with Crippen molar-refractivity contribution in [1.29, 1.82) is 0 Å². The van der Waals surface area contributed by atoms with Gasteiger partial charge in [-0.15, -0.1) is 0 Å². The van der Waals surface area contributed by atoms with Crippen molar-refractivity contribution in [3.8, 4) is 0 Å². The van der Waals surface area contributed by atoms with Crippen LogP contribution in [0.2, 0.25) is 0 Å². The molecular weight excluding hydrogens is 258 g/mol. The molecule has 0 amide bonds. The van der Waals surface area contributed by atoms with E-state index in [2.05, 4.69) is 0 Å². The van der Waals surface area contributed by atoms with Crippen LogP contribution in [0, 0.1) is 5.41 Å². The van der Waals surface area contributed by atoms with E-state index >= 15 is 0 Å². The van der Waals surface area contributed by atoms with Gasteiger partial charge >= 0.3 is 5.25 Å². The molecule has 0 aliphatic rings. The third-order valence-corrected chi connectivity index (χ3v) is 4.50. The fraction of sp³-hybridized carbons (Fsp3) is 0.538. The van der Waals surface area contributed by atoms with Crippen LogP contribution in [0.4, 0.5) is 8.78 Å². The van der Waals surface area contributed by atoms with Gasteiger partial charge in [0.2, 0.25) is 9.84 Å². The van der Waals surface area contributed by atoms with E-state index in [1.165, 1.54) is 24.3 Å². The van der Waals surface area contributed by atoms with E-state index in [4.69, 9.17) is 0 Å². The molecule has 0 atom stereocenters. The monoisotopic (exact) mass is 276 g/mol. The number of hydrogen-bond acceptors (Lipinski definition) is 2. The van der Waals surface area contributed by atoms with Crippen LogP contribution >= 0.6 is 0 Å². The number of benzene rings is 1. The van der Waals surface area contributed by atoms with Crippen molar-refractivity contribution in [2.24, 2.45) is 5.41 Å².